The predicted octanol–water partition coefficient (Wildman–Crippen LogP) is 1.46. The van der Waals surface area contributed by atoms with Crippen LogP contribution in [0.2, 0.25) is 0 Å². The number of nitrogens with zero attached hydrogens (tertiary/aromatic N) is 2. The van der Waals surface area contributed by atoms with Crippen LogP contribution in [0.3, 0.4) is 0 Å². The molecular weight excluding hydrogens is 230 g/mol. The van der Waals surface area contributed by atoms with Gasteiger partial charge in [0.1, 0.15) is 0 Å². The Labute approximate surface area is 109 Å². The quantitative estimate of drug-likeness (QED) is 0.590. The van der Waals surface area contributed by atoms with Crippen LogP contribution in [0.15, 0.2) is 5.16 Å². The van der Waals surface area contributed by atoms with Crippen molar-refractivity contribution < 1.29 is 10.0 Å². The molecule has 1 aliphatic heterocycles. The van der Waals surface area contributed by atoms with E-state index in [-0.39, 0.29) is 17.4 Å². The number of hydrogen-bond acceptors (Lipinski definition) is 4. The van der Waals surface area contributed by atoms with Crippen molar-refractivity contribution in [2.45, 2.75) is 46.1 Å². The fourth-order valence-corrected chi connectivity index (χ4v) is 2.10. The molecule has 1 rings (SSSR count). The number of amides is 1. The largest absolute Gasteiger partial charge is 0.411 e. The van der Waals surface area contributed by atoms with E-state index in [4.69, 9.17) is 5.21 Å². The Morgan fingerprint density at radius 1 is 1.61 bits per heavy atom. The molecule has 1 heterocycles. The molecule has 5 nitrogen and oxygen atoms in total. The van der Waals surface area contributed by atoms with Gasteiger partial charge in [0.2, 0.25) is 5.91 Å². The first-order chi connectivity index (χ1) is 8.38. The van der Waals surface area contributed by atoms with Gasteiger partial charge in [0.05, 0.1) is 12.3 Å². The molecule has 0 spiro atoms. The summed E-state index contributed by atoms with van der Waals surface area (Å²) in [5.74, 6) is 0.286. The van der Waals surface area contributed by atoms with Crippen LogP contribution in [0.4, 0.5) is 0 Å². The van der Waals surface area contributed by atoms with Crippen LogP contribution in [-0.4, -0.2) is 46.9 Å². The van der Waals surface area contributed by atoms with E-state index in [1.165, 1.54) is 0 Å². The summed E-state index contributed by atoms with van der Waals surface area (Å²) in [7, 11) is 0. The number of rotatable bonds is 4. The number of carbonyl (C=O) groups excluding carboxylic acids is 1. The van der Waals surface area contributed by atoms with Gasteiger partial charge in [0.25, 0.3) is 0 Å². The third-order valence-electron chi connectivity index (χ3n) is 3.64. The van der Waals surface area contributed by atoms with Crippen molar-refractivity contribution in [3.05, 3.63) is 0 Å². The Hall–Kier alpha value is -1.10. The molecule has 0 saturated carbocycles. The maximum atomic E-state index is 11.9. The van der Waals surface area contributed by atoms with E-state index in [1.807, 2.05) is 20.8 Å². The number of hydrogen-bond donors (Lipinski definition) is 2. The van der Waals surface area contributed by atoms with Gasteiger partial charge in [-0.3, -0.25) is 9.69 Å². The number of nitrogens with one attached hydrogen (secondary N) is 1. The van der Waals surface area contributed by atoms with E-state index in [9.17, 15) is 4.79 Å². The monoisotopic (exact) mass is 255 g/mol. The highest BCUT2D eigenvalue weighted by Gasteiger charge is 2.25. The summed E-state index contributed by atoms with van der Waals surface area (Å²) in [5.41, 5.74) is 0.691. The zero-order valence-corrected chi connectivity index (χ0v) is 11.9. The zero-order valence-electron chi connectivity index (χ0n) is 11.9. The van der Waals surface area contributed by atoms with Crippen molar-refractivity contribution in [1.82, 2.24) is 10.2 Å². The van der Waals surface area contributed by atoms with E-state index < -0.39 is 0 Å². The molecule has 1 unspecified atom stereocenters. The van der Waals surface area contributed by atoms with Crippen LogP contribution in [-0.2, 0) is 4.79 Å². The maximum absolute atomic E-state index is 11.9. The van der Waals surface area contributed by atoms with Crippen LogP contribution in [0.25, 0.3) is 0 Å². The maximum Gasteiger partial charge on any atom is 0.234 e. The zero-order chi connectivity index (χ0) is 13.8. The molecule has 0 aromatic heterocycles. The number of oxime groups is 1. The molecule has 104 valence electrons. The topological polar surface area (TPSA) is 64.9 Å². The van der Waals surface area contributed by atoms with Crippen molar-refractivity contribution in [3.63, 3.8) is 0 Å². The Kier molecular flexibility index (Phi) is 5.14. The molecule has 1 amide bonds. The molecule has 1 fully saturated rings. The van der Waals surface area contributed by atoms with Gasteiger partial charge in [-0.1, -0.05) is 19.0 Å². The molecule has 1 saturated heterocycles. The number of piperidine rings is 1. The van der Waals surface area contributed by atoms with E-state index in [0.29, 0.717) is 6.54 Å². The van der Waals surface area contributed by atoms with E-state index in [1.54, 1.807) is 0 Å². The summed E-state index contributed by atoms with van der Waals surface area (Å²) in [6.45, 7) is 10.1. The van der Waals surface area contributed by atoms with E-state index >= 15 is 0 Å². The fourth-order valence-electron chi connectivity index (χ4n) is 2.10. The second-order valence-electron chi connectivity index (χ2n) is 5.76. The normalized spacial score (nSPS) is 24.2. The van der Waals surface area contributed by atoms with Gasteiger partial charge < -0.3 is 10.5 Å². The summed E-state index contributed by atoms with van der Waals surface area (Å²) < 4.78 is 0. The Bertz CT molecular complexity index is 326. The first-order valence-electron chi connectivity index (χ1n) is 6.62. The summed E-state index contributed by atoms with van der Waals surface area (Å²) in [5, 5.41) is 15.1. The van der Waals surface area contributed by atoms with Crippen LogP contribution >= 0.6 is 0 Å². The SMILES string of the molecule is CCC(C)(C)NC(=O)CN1CCC(=NO)C(C)C1. The molecule has 1 aliphatic rings. The lowest BCUT2D eigenvalue weighted by molar-refractivity contribution is -0.124. The van der Waals surface area contributed by atoms with Gasteiger partial charge in [0.15, 0.2) is 0 Å². The first kappa shape index (κ1) is 15.0. The van der Waals surface area contributed by atoms with Crippen molar-refractivity contribution in [3.8, 4) is 0 Å². The second-order valence-corrected chi connectivity index (χ2v) is 5.76. The van der Waals surface area contributed by atoms with Gasteiger partial charge in [-0.2, -0.15) is 0 Å². The molecule has 0 aliphatic carbocycles. The third-order valence-corrected chi connectivity index (χ3v) is 3.64. The summed E-state index contributed by atoms with van der Waals surface area (Å²) in [6, 6.07) is 0. The molecule has 5 heteroatoms. The lowest BCUT2D eigenvalue weighted by atomic mass is 9.97. The molecule has 0 aromatic carbocycles. The van der Waals surface area contributed by atoms with Crippen molar-refractivity contribution in [2.75, 3.05) is 19.6 Å². The van der Waals surface area contributed by atoms with Gasteiger partial charge in [-0.25, -0.2) is 0 Å². The minimum atomic E-state index is -0.143. The Morgan fingerprint density at radius 2 is 2.28 bits per heavy atom. The van der Waals surface area contributed by atoms with E-state index in [2.05, 4.69) is 22.3 Å². The third kappa shape index (κ3) is 4.29. The summed E-state index contributed by atoms with van der Waals surface area (Å²) in [4.78, 5) is 14.0. The molecule has 0 aromatic rings. The van der Waals surface area contributed by atoms with Crippen molar-refractivity contribution in [2.24, 2.45) is 11.1 Å². The fraction of sp³-hybridized carbons (Fsp3) is 0.846. The van der Waals surface area contributed by atoms with Crippen molar-refractivity contribution >= 4 is 11.6 Å². The smallest absolute Gasteiger partial charge is 0.234 e. The second kappa shape index (κ2) is 6.18. The van der Waals surface area contributed by atoms with Crippen LogP contribution in [0.5, 0.6) is 0 Å². The van der Waals surface area contributed by atoms with Gasteiger partial charge in [-0.05, 0) is 20.3 Å². The average Bonchev–Trinajstić information content (AvgIpc) is 2.28. The van der Waals surface area contributed by atoms with Crippen LogP contribution in [0.1, 0.15) is 40.5 Å². The molecular formula is C13H25N3O2. The Balaban J connectivity index is 2.43. The summed E-state index contributed by atoms with van der Waals surface area (Å²) in [6.07, 6.45) is 1.65. The average molecular weight is 255 g/mol. The predicted molar refractivity (Wildman–Crippen MR) is 72.0 cm³/mol. The standard InChI is InChI=1S/C13H25N3O2/c1-5-13(3,4)14-12(17)9-16-7-6-11(15-18)10(2)8-16/h10,18H,5-9H2,1-4H3,(H,14,17). The van der Waals surface area contributed by atoms with Gasteiger partial charge in [0, 0.05) is 31.0 Å². The molecule has 18 heavy (non-hydrogen) atoms. The lowest BCUT2D eigenvalue weighted by Crippen LogP contribution is -2.50. The summed E-state index contributed by atoms with van der Waals surface area (Å²) >= 11 is 0. The highest BCUT2D eigenvalue weighted by atomic mass is 16.4. The van der Waals surface area contributed by atoms with Crippen molar-refractivity contribution in [1.29, 1.82) is 0 Å². The van der Waals surface area contributed by atoms with Gasteiger partial charge in [-0.15, -0.1) is 0 Å². The van der Waals surface area contributed by atoms with Crippen LogP contribution in [0, 0.1) is 5.92 Å². The number of carbonyl (C=O) groups is 1. The van der Waals surface area contributed by atoms with Crippen LogP contribution < -0.4 is 5.32 Å². The lowest BCUT2D eigenvalue weighted by Gasteiger charge is -2.32. The minimum absolute atomic E-state index is 0.0680. The van der Waals surface area contributed by atoms with E-state index in [0.717, 1.165) is 31.6 Å². The molecule has 0 radical (unpaired) electrons. The minimum Gasteiger partial charge on any atom is -0.411 e. The highest BCUT2D eigenvalue weighted by Crippen LogP contribution is 2.13. The molecule has 1 atom stereocenters. The first-order valence-corrected chi connectivity index (χ1v) is 6.62. The highest BCUT2D eigenvalue weighted by molar-refractivity contribution is 5.87. The Morgan fingerprint density at radius 3 is 2.78 bits per heavy atom. The molecule has 0 bridgehead atoms. The molecule has 2 N–H and O–H groups in total. The van der Waals surface area contributed by atoms with Gasteiger partial charge >= 0.3 is 0 Å². The number of likely N-dealkylation sites (tertiary alicyclic amines) is 1.